The lowest BCUT2D eigenvalue weighted by Crippen LogP contribution is -2.45. The lowest BCUT2D eigenvalue weighted by Gasteiger charge is -2.22. The third-order valence-corrected chi connectivity index (χ3v) is 16.0. The Bertz CT molecular complexity index is 1170. The maximum Gasteiger partial charge on any atom is 0.305 e. The van der Waals surface area contributed by atoms with Crippen LogP contribution < -0.4 is 5.32 Å². The van der Waals surface area contributed by atoms with E-state index >= 15 is 0 Å². The van der Waals surface area contributed by atoms with E-state index in [4.69, 9.17) is 4.74 Å². The third-order valence-electron chi connectivity index (χ3n) is 16.0. The number of carbonyl (C=O) groups excluding carboxylic acids is 2. The minimum Gasteiger partial charge on any atom is -0.466 e. The molecule has 0 aliphatic carbocycles. The van der Waals surface area contributed by atoms with Crippen molar-refractivity contribution in [1.29, 1.82) is 0 Å². The van der Waals surface area contributed by atoms with Gasteiger partial charge in [0.15, 0.2) is 0 Å². The SMILES string of the molecule is CCCCC/C=C\C/C=C\CCCCCCCC(=O)OCCCCCCCCCCCCCCCCCCCCCCCCCCCCCC(=O)N[C@@H](CO)[C@H](O)CCCCCCCCCCCCCCCCCC. The predicted octanol–water partition coefficient (Wildman–Crippen LogP) is 21.8. The van der Waals surface area contributed by atoms with E-state index in [0.29, 0.717) is 25.9 Å². The van der Waals surface area contributed by atoms with Crippen LogP contribution in [-0.4, -0.2) is 47.4 Å². The van der Waals surface area contributed by atoms with Crippen molar-refractivity contribution in [3.05, 3.63) is 24.3 Å². The Kier molecular flexibility index (Phi) is 63.4. The van der Waals surface area contributed by atoms with Crippen molar-refractivity contribution < 1.29 is 24.5 Å². The Labute approximate surface area is 469 Å². The number of allylic oxidation sites excluding steroid dienone is 4. The number of unbranched alkanes of at least 4 members (excludes halogenated alkanes) is 49. The van der Waals surface area contributed by atoms with Gasteiger partial charge in [0.2, 0.25) is 5.91 Å². The Morgan fingerprint density at radius 2 is 0.667 bits per heavy atom. The number of carbonyl (C=O) groups is 2. The molecule has 75 heavy (non-hydrogen) atoms. The summed E-state index contributed by atoms with van der Waals surface area (Å²) in [6, 6.07) is -0.539. The maximum absolute atomic E-state index is 12.5. The molecule has 0 aromatic rings. The quantitative estimate of drug-likeness (QED) is 0.0320. The Balaban J connectivity index is 3.34. The predicted molar refractivity (Wildman–Crippen MR) is 329 cm³/mol. The normalized spacial score (nSPS) is 12.6. The summed E-state index contributed by atoms with van der Waals surface area (Å²) in [5.74, 6) is -0.0247. The van der Waals surface area contributed by atoms with Gasteiger partial charge in [0.05, 0.1) is 25.4 Å². The number of nitrogens with one attached hydrogen (secondary N) is 1. The zero-order valence-electron chi connectivity index (χ0n) is 50.8. The minimum atomic E-state index is -0.662. The second-order valence-corrected chi connectivity index (χ2v) is 23.5. The minimum absolute atomic E-state index is 0.00462. The van der Waals surface area contributed by atoms with Crippen LogP contribution in [0.1, 0.15) is 380 Å². The van der Waals surface area contributed by atoms with Gasteiger partial charge in [-0.15, -0.1) is 0 Å². The highest BCUT2D eigenvalue weighted by molar-refractivity contribution is 5.76. The molecule has 0 saturated carbocycles. The van der Waals surface area contributed by atoms with Crippen molar-refractivity contribution in [2.24, 2.45) is 0 Å². The van der Waals surface area contributed by atoms with Crippen molar-refractivity contribution in [1.82, 2.24) is 5.32 Å². The zero-order chi connectivity index (χ0) is 54.3. The average molecular weight is 1060 g/mol. The molecule has 0 aromatic heterocycles. The smallest absolute Gasteiger partial charge is 0.305 e. The molecule has 0 fully saturated rings. The monoisotopic (exact) mass is 1060 g/mol. The molecule has 6 heteroatoms. The Morgan fingerprint density at radius 3 is 1.04 bits per heavy atom. The standard InChI is InChI=1S/C69H133NO5/c1-3-5-7-9-11-13-15-17-19-34-37-41-45-49-53-57-61-67(72)66(65-71)70-68(73)62-58-54-50-46-42-38-35-31-29-27-25-23-21-20-22-24-26-28-30-32-36-40-44-48-52-56-60-64-75-69(74)63-59-55-51-47-43-39-33-18-16-14-12-10-8-6-4-2/h12,14,18,33,66-67,71-72H,3-11,13,15-17,19-32,34-65H2,1-2H3,(H,70,73)/b14-12-,33-18-/t66-,67+/m0/s1. The van der Waals surface area contributed by atoms with E-state index in [0.717, 1.165) is 51.4 Å². The lowest BCUT2D eigenvalue weighted by molar-refractivity contribution is -0.143. The molecule has 0 heterocycles. The number of hydrogen-bond acceptors (Lipinski definition) is 5. The van der Waals surface area contributed by atoms with Gasteiger partial charge in [0.1, 0.15) is 0 Å². The van der Waals surface area contributed by atoms with E-state index in [-0.39, 0.29) is 18.5 Å². The summed E-state index contributed by atoms with van der Waals surface area (Å²) >= 11 is 0. The van der Waals surface area contributed by atoms with E-state index in [1.165, 1.54) is 295 Å². The highest BCUT2D eigenvalue weighted by Crippen LogP contribution is 2.19. The van der Waals surface area contributed by atoms with Crippen LogP contribution >= 0.6 is 0 Å². The molecule has 0 aliphatic rings. The van der Waals surface area contributed by atoms with Gasteiger partial charge in [0.25, 0.3) is 0 Å². The van der Waals surface area contributed by atoms with Crippen LogP contribution in [0.4, 0.5) is 0 Å². The molecule has 1 amide bonds. The molecule has 0 spiro atoms. The summed E-state index contributed by atoms with van der Waals surface area (Å²) < 4.78 is 5.49. The van der Waals surface area contributed by atoms with Gasteiger partial charge < -0.3 is 20.3 Å². The van der Waals surface area contributed by atoms with Crippen LogP contribution in [0.2, 0.25) is 0 Å². The largest absolute Gasteiger partial charge is 0.466 e. The van der Waals surface area contributed by atoms with Crippen LogP contribution in [0.5, 0.6) is 0 Å². The molecule has 0 rings (SSSR count). The number of ether oxygens (including phenoxy) is 1. The molecule has 0 bridgehead atoms. The first kappa shape index (κ1) is 73.3. The van der Waals surface area contributed by atoms with Crippen LogP contribution in [0.15, 0.2) is 24.3 Å². The Hall–Kier alpha value is -1.66. The number of hydrogen-bond donors (Lipinski definition) is 3. The van der Waals surface area contributed by atoms with Gasteiger partial charge in [-0.1, -0.05) is 334 Å². The molecule has 0 unspecified atom stereocenters. The Morgan fingerprint density at radius 1 is 0.373 bits per heavy atom. The average Bonchev–Trinajstić information content (AvgIpc) is 3.41. The molecule has 3 N–H and O–H groups in total. The number of amides is 1. The van der Waals surface area contributed by atoms with Crippen molar-refractivity contribution in [2.45, 2.75) is 392 Å². The van der Waals surface area contributed by atoms with E-state index in [9.17, 15) is 19.8 Å². The molecule has 2 atom stereocenters. The van der Waals surface area contributed by atoms with Crippen LogP contribution in [0.25, 0.3) is 0 Å². The summed E-state index contributed by atoms with van der Waals surface area (Å²) in [4.78, 5) is 24.6. The first-order valence-corrected chi connectivity index (χ1v) is 34.1. The van der Waals surface area contributed by atoms with Gasteiger partial charge in [-0.05, 0) is 57.8 Å². The first-order chi connectivity index (χ1) is 37.0. The van der Waals surface area contributed by atoms with Crippen molar-refractivity contribution in [3.8, 4) is 0 Å². The summed E-state index contributed by atoms with van der Waals surface area (Å²) in [7, 11) is 0. The van der Waals surface area contributed by atoms with Gasteiger partial charge in [-0.25, -0.2) is 0 Å². The molecule has 444 valence electrons. The summed E-state index contributed by atoms with van der Waals surface area (Å²) in [6.45, 7) is 4.95. The van der Waals surface area contributed by atoms with Crippen LogP contribution in [-0.2, 0) is 14.3 Å². The highest BCUT2D eigenvalue weighted by Gasteiger charge is 2.20. The van der Waals surface area contributed by atoms with Crippen LogP contribution in [0, 0.1) is 0 Å². The second-order valence-electron chi connectivity index (χ2n) is 23.5. The molecule has 6 nitrogen and oxygen atoms in total. The van der Waals surface area contributed by atoms with Crippen molar-refractivity contribution in [3.63, 3.8) is 0 Å². The van der Waals surface area contributed by atoms with Gasteiger partial charge in [0, 0.05) is 12.8 Å². The first-order valence-electron chi connectivity index (χ1n) is 34.1. The number of esters is 1. The highest BCUT2D eigenvalue weighted by atomic mass is 16.5. The zero-order valence-corrected chi connectivity index (χ0v) is 50.8. The fourth-order valence-corrected chi connectivity index (χ4v) is 10.8. The van der Waals surface area contributed by atoms with Crippen LogP contribution in [0.3, 0.4) is 0 Å². The summed E-state index contributed by atoms with van der Waals surface area (Å²) in [5, 5.41) is 23.3. The molecular weight excluding hydrogens is 923 g/mol. The summed E-state index contributed by atoms with van der Waals surface area (Å²) in [5.41, 5.74) is 0. The summed E-state index contributed by atoms with van der Waals surface area (Å²) in [6.07, 6.45) is 80.7. The molecule has 0 aromatic carbocycles. The van der Waals surface area contributed by atoms with Crippen molar-refractivity contribution in [2.75, 3.05) is 13.2 Å². The van der Waals surface area contributed by atoms with Crippen molar-refractivity contribution >= 4 is 11.9 Å². The fourth-order valence-electron chi connectivity index (χ4n) is 10.8. The van der Waals surface area contributed by atoms with Gasteiger partial charge >= 0.3 is 5.97 Å². The third kappa shape index (κ3) is 61.4. The molecule has 0 saturated heterocycles. The number of aliphatic hydroxyl groups is 2. The fraction of sp³-hybridized carbons (Fsp3) is 0.913. The van der Waals surface area contributed by atoms with E-state index in [1.54, 1.807) is 0 Å². The number of rotatable bonds is 64. The molecule has 0 aliphatic heterocycles. The topological polar surface area (TPSA) is 95.9 Å². The van der Waals surface area contributed by atoms with E-state index < -0.39 is 12.1 Å². The lowest BCUT2D eigenvalue weighted by atomic mass is 10.0. The van der Waals surface area contributed by atoms with Gasteiger partial charge in [-0.2, -0.15) is 0 Å². The van der Waals surface area contributed by atoms with E-state index in [2.05, 4.69) is 43.5 Å². The van der Waals surface area contributed by atoms with E-state index in [1.807, 2.05) is 0 Å². The number of aliphatic hydroxyl groups excluding tert-OH is 2. The molecular formula is C69H133NO5. The maximum atomic E-state index is 12.5. The molecule has 0 radical (unpaired) electrons. The van der Waals surface area contributed by atoms with Gasteiger partial charge in [-0.3, -0.25) is 9.59 Å². The second kappa shape index (κ2) is 64.9.